The van der Waals surface area contributed by atoms with E-state index in [0.717, 1.165) is 0 Å². The average molecular weight is 278 g/mol. The van der Waals surface area contributed by atoms with Crippen LogP contribution in [0.5, 0.6) is 0 Å². The smallest absolute Gasteiger partial charge is 0.282 e. The molecule has 0 atom stereocenters. The predicted octanol–water partition coefficient (Wildman–Crippen LogP) is 4.00. The highest BCUT2D eigenvalue weighted by Crippen LogP contribution is 2.55. The Labute approximate surface area is 107 Å². The summed E-state index contributed by atoms with van der Waals surface area (Å²) >= 11 is 0. The van der Waals surface area contributed by atoms with Gasteiger partial charge in [0.15, 0.2) is 0 Å². The molecule has 0 aliphatic carbocycles. The fourth-order valence-electron chi connectivity index (χ4n) is 2.56. The van der Waals surface area contributed by atoms with E-state index < -0.39 is 18.2 Å². The third kappa shape index (κ3) is 3.00. The van der Waals surface area contributed by atoms with Gasteiger partial charge >= 0.3 is 0 Å². The van der Waals surface area contributed by atoms with Crippen LogP contribution in [0.4, 0.5) is 0 Å². The van der Waals surface area contributed by atoms with Gasteiger partial charge in [-0.2, -0.15) is 8.42 Å². The second-order valence-corrected chi connectivity index (χ2v) is 14.3. The minimum absolute atomic E-state index is 0.150. The van der Waals surface area contributed by atoms with Crippen LogP contribution < -0.4 is 0 Å². The van der Waals surface area contributed by atoms with Gasteiger partial charge in [-0.15, -0.1) is 0 Å². The summed E-state index contributed by atoms with van der Waals surface area (Å²) in [5.41, 5.74) is 0. The Hall–Kier alpha value is -0.133. The van der Waals surface area contributed by atoms with Crippen molar-refractivity contribution in [1.29, 1.82) is 0 Å². The van der Waals surface area contributed by atoms with E-state index in [4.69, 9.17) is 0 Å². The first kappa shape index (κ1) is 16.9. The van der Waals surface area contributed by atoms with Crippen LogP contribution in [0, 0.1) is 0 Å². The van der Waals surface area contributed by atoms with Crippen molar-refractivity contribution in [3.8, 4) is 0 Å². The Morgan fingerprint density at radius 3 is 1.41 bits per heavy atom. The van der Waals surface area contributed by atoms with Gasteiger partial charge in [-0.25, -0.2) is 0 Å². The molecule has 0 bridgehead atoms. The van der Waals surface area contributed by atoms with Crippen molar-refractivity contribution in [2.75, 3.05) is 0 Å². The van der Waals surface area contributed by atoms with Gasteiger partial charge in [0.2, 0.25) is 0 Å². The second-order valence-electron chi connectivity index (χ2n) is 6.75. The van der Waals surface area contributed by atoms with E-state index in [-0.39, 0.29) is 14.6 Å². The monoisotopic (exact) mass is 278 g/mol. The minimum Gasteiger partial charge on any atom is -0.282 e. The maximum atomic E-state index is 11.6. The van der Waals surface area contributed by atoms with Crippen molar-refractivity contribution in [2.24, 2.45) is 0 Å². The molecule has 3 nitrogen and oxygen atoms in total. The predicted molar refractivity (Wildman–Crippen MR) is 76.4 cm³/mol. The molecule has 0 spiro atoms. The maximum Gasteiger partial charge on any atom is 0.286 e. The van der Waals surface area contributed by atoms with Crippen LogP contribution in [-0.2, 0) is 10.1 Å². The maximum absolute atomic E-state index is 11.6. The van der Waals surface area contributed by atoms with Crippen molar-refractivity contribution in [1.82, 2.24) is 0 Å². The summed E-state index contributed by atoms with van der Waals surface area (Å²) in [6, 6.07) is 0. The molecule has 0 fully saturated rings. The van der Waals surface area contributed by atoms with Crippen LogP contribution >= 0.6 is 0 Å². The molecule has 0 saturated heterocycles. The summed E-state index contributed by atoms with van der Waals surface area (Å²) in [7, 11) is -6.51. The number of allylic oxidation sites excluding steroid dienone is 1. The zero-order chi connectivity index (χ0) is 14.3. The van der Waals surface area contributed by atoms with Crippen LogP contribution in [0.15, 0.2) is 10.6 Å². The molecule has 1 N–H and O–H groups in total. The normalized spacial score (nSPS) is 16.2. The first-order valence-electron chi connectivity index (χ1n) is 5.84. The molecule has 0 saturated carbocycles. The van der Waals surface area contributed by atoms with Gasteiger partial charge in [-0.1, -0.05) is 54.2 Å². The summed E-state index contributed by atoms with van der Waals surface area (Å²) in [5.74, 6) is 0. The molecule has 0 aromatic heterocycles. The lowest BCUT2D eigenvalue weighted by Gasteiger charge is -2.49. The molecule has 0 heterocycles. The Morgan fingerprint density at radius 1 is 1.06 bits per heavy atom. The van der Waals surface area contributed by atoms with E-state index in [2.05, 4.69) is 41.5 Å². The highest BCUT2D eigenvalue weighted by atomic mass is 32.2. The Kier molecular flexibility index (Phi) is 4.48. The summed E-state index contributed by atoms with van der Waals surface area (Å²) < 4.78 is 33.0. The van der Waals surface area contributed by atoms with Crippen LogP contribution in [0.1, 0.15) is 48.5 Å². The SMILES string of the molecule is C/C=C(/[Si](C)(C(C)(C)C)C(C)(C)C)S(=O)(=O)O. The van der Waals surface area contributed by atoms with Gasteiger partial charge in [-0.3, -0.25) is 4.55 Å². The second kappa shape index (κ2) is 4.52. The molecule has 17 heavy (non-hydrogen) atoms. The van der Waals surface area contributed by atoms with E-state index in [1.807, 2.05) is 6.55 Å². The minimum atomic E-state index is -4.12. The van der Waals surface area contributed by atoms with Crippen molar-refractivity contribution >= 4 is 18.2 Å². The van der Waals surface area contributed by atoms with Crippen LogP contribution in [0.2, 0.25) is 16.6 Å². The lowest BCUT2D eigenvalue weighted by atomic mass is 10.2. The van der Waals surface area contributed by atoms with E-state index >= 15 is 0 Å². The van der Waals surface area contributed by atoms with E-state index in [1.54, 1.807) is 13.0 Å². The first-order valence-corrected chi connectivity index (χ1v) is 9.78. The number of hydrogen-bond donors (Lipinski definition) is 1. The van der Waals surface area contributed by atoms with Gasteiger partial charge in [0.05, 0.1) is 4.53 Å². The molecular formula is C12H26O3SSi. The molecule has 0 aliphatic heterocycles. The zero-order valence-electron chi connectivity index (χ0n) is 12.2. The van der Waals surface area contributed by atoms with E-state index in [0.29, 0.717) is 0 Å². The quantitative estimate of drug-likeness (QED) is 0.613. The van der Waals surface area contributed by atoms with Gasteiger partial charge in [0.1, 0.15) is 8.07 Å². The van der Waals surface area contributed by atoms with Crippen molar-refractivity contribution in [2.45, 2.75) is 65.1 Å². The number of rotatable bonds is 2. The van der Waals surface area contributed by atoms with Crippen molar-refractivity contribution in [3.05, 3.63) is 10.6 Å². The lowest BCUT2D eigenvalue weighted by molar-refractivity contribution is 0.491. The van der Waals surface area contributed by atoms with Crippen LogP contribution in [0.25, 0.3) is 0 Å². The van der Waals surface area contributed by atoms with Gasteiger partial charge in [0.25, 0.3) is 10.1 Å². The molecule has 0 amide bonds. The zero-order valence-corrected chi connectivity index (χ0v) is 14.1. The van der Waals surface area contributed by atoms with Crippen LogP contribution in [-0.4, -0.2) is 21.0 Å². The third-order valence-corrected chi connectivity index (χ3v) is 14.1. The Balaban J connectivity index is 6.22. The number of hydrogen-bond acceptors (Lipinski definition) is 2. The van der Waals surface area contributed by atoms with E-state index in [9.17, 15) is 13.0 Å². The molecule has 0 unspecified atom stereocenters. The standard InChI is InChI=1S/C12H26O3SSi/c1-9-10(16(13,14)15)17(8,11(2,3)4)12(5,6)7/h9H,1-8H3,(H,13,14,15)/b10-9+. The van der Waals surface area contributed by atoms with Gasteiger partial charge in [-0.05, 0) is 17.0 Å². The highest BCUT2D eigenvalue weighted by molar-refractivity contribution is 7.92. The van der Waals surface area contributed by atoms with Crippen LogP contribution in [0.3, 0.4) is 0 Å². The summed E-state index contributed by atoms with van der Waals surface area (Å²) in [6.45, 7) is 16.1. The Bertz CT molecular complexity index is 394. The van der Waals surface area contributed by atoms with Crippen molar-refractivity contribution < 1.29 is 13.0 Å². The van der Waals surface area contributed by atoms with E-state index in [1.165, 1.54) is 0 Å². The lowest BCUT2D eigenvalue weighted by Crippen LogP contribution is -2.52. The summed E-state index contributed by atoms with van der Waals surface area (Å²) in [5, 5.41) is -0.300. The first-order chi connectivity index (χ1) is 7.19. The fraction of sp³-hybridized carbons (Fsp3) is 0.833. The molecule has 0 aromatic rings. The molecule has 5 heteroatoms. The summed E-state index contributed by atoms with van der Waals surface area (Å²) in [4.78, 5) is 0. The third-order valence-electron chi connectivity index (χ3n) is 4.03. The summed E-state index contributed by atoms with van der Waals surface area (Å²) in [6.07, 6.45) is 1.57. The topological polar surface area (TPSA) is 54.4 Å². The van der Waals surface area contributed by atoms with Gasteiger partial charge < -0.3 is 0 Å². The average Bonchev–Trinajstić information content (AvgIpc) is 1.97. The van der Waals surface area contributed by atoms with Crippen molar-refractivity contribution in [3.63, 3.8) is 0 Å². The molecular weight excluding hydrogens is 252 g/mol. The molecule has 0 aliphatic rings. The largest absolute Gasteiger partial charge is 0.286 e. The van der Waals surface area contributed by atoms with Gasteiger partial charge in [0, 0.05) is 0 Å². The highest BCUT2D eigenvalue weighted by Gasteiger charge is 2.54. The molecule has 0 rings (SSSR count). The fourth-order valence-corrected chi connectivity index (χ4v) is 11.1. The molecule has 102 valence electrons. The Morgan fingerprint density at radius 2 is 1.35 bits per heavy atom. The molecule has 0 aromatic carbocycles. The molecule has 0 radical (unpaired) electrons.